The lowest BCUT2D eigenvalue weighted by Crippen LogP contribution is -2.48. The second-order valence-electron chi connectivity index (χ2n) is 6.37. The molecule has 0 saturated carbocycles. The second kappa shape index (κ2) is 6.46. The van der Waals surface area contributed by atoms with Crippen LogP contribution in [0.1, 0.15) is 38.8 Å². The van der Waals surface area contributed by atoms with Crippen LogP contribution in [0.25, 0.3) is 0 Å². The molecule has 1 aromatic rings. The molecular formula is C16H26N2O2S. The van der Waals surface area contributed by atoms with Gasteiger partial charge in [-0.25, -0.2) is 0 Å². The molecule has 1 heterocycles. The van der Waals surface area contributed by atoms with Gasteiger partial charge in [-0.15, -0.1) is 0 Å². The first kappa shape index (κ1) is 16.5. The van der Waals surface area contributed by atoms with E-state index in [9.17, 15) is 8.42 Å². The molecule has 21 heavy (non-hydrogen) atoms. The van der Waals surface area contributed by atoms with Crippen LogP contribution in [-0.4, -0.2) is 37.2 Å². The highest BCUT2D eigenvalue weighted by molar-refractivity contribution is 7.86. The summed E-state index contributed by atoms with van der Waals surface area (Å²) in [5.41, 5.74) is 1.02. The third-order valence-electron chi connectivity index (χ3n) is 4.35. The summed E-state index contributed by atoms with van der Waals surface area (Å²) in [6, 6.07) is 9.60. The molecular weight excluding hydrogens is 284 g/mol. The molecule has 0 N–H and O–H groups in total. The van der Waals surface area contributed by atoms with Crippen LogP contribution in [0.5, 0.6) is 0 Å². The second-order valence-corrected chi connectivity index (χ2v) is 8.36. The average molecular weight is 310 g/mol. The van der Waals surface area contributed by atoms with Crippen molar-refractivity contribution < 1.29 is 8.42 Å². The van der Waals surface area contributed by atoms with Gasteiger partial charge in [0.15, 0.2) is 0 Å². The average Bonchev–Trinajstić information content (AvgIpc) is 2.45. The Labute approximate surface area is 128 Å². The Morgan fingerprint density at radius 2 is 1.67 bits per heavy atom. The van der Waals surface area contributed by atoms with Gasteiger partial charge in [-0.2, -0.15) is 17.0 Å². The molecule has 1 aliphatic heterocycles. The SMILES string of the molecule is C[C@@H]1C[C@@H](C)CN(S(=O)(=O)N(C)[C@H](C)c2ccccc2)C1. The van der Waals surface area contributed by atoms with Crippen LogP contribution in [0.15, 0.2) is 30.3 Å². The van der Waals surface area contributed by atoms with E-state index in [0.29, 0.717) is 24.9 Å². The van der Waals surface area contributed by atoms with Crippen LogP contribution in [0.4, 0.5) is 0 Å². The van der Waals surface area contributed by atoms with Crippen LogP contribution >= 0.6 is 0 Å². The van der Waals surface area contributed by atoms with Crippen LogP contribution in [0.2, 0.25) is 0 Å². The maximum Gasteiger partial charge on any atom is 0.282 e. The summed E-state index contributed by atoms with van der Waals surface area (Å²) in [6.07, 6.45) is 1.10. The first-order valence-corrected chi connectivity index (χ1v) is 9.00. The standard InChI is InChI=1S/C16H26N2O2S/c1-13-10-14(2)12-18(11-13)21(19,20)17(4)15(3)16-8-6-5-7-9-16/h5-9,13-15H,10-12H2,1-4H3/t13-,14-,15-/m1/s1. The molecule has 0 radical (unpaired) electrons. The summed E-state index contributed by atoms with van der Waals surface area (Å²) in [5, 5.41) is 0. The zero-order valence-corrected chi connectivity index (χ0v) is 14.2. The van der Waals surface area contributed by atoms with E-state index in [2.05, 4.69) is 13.8 Å². The Morgan fingerprint density at radius 1 is 1.14 bits per heavy atom. The van der Waals surface area contributed by atoms with Crippen molar-refractivity contribution in [3.8, 4) is 0 Å². The smallest absolute Gasteiger partial charge is 0.195 e. The molecule has 3 atom stereocenters. The fourth-order valence-electron chi connectivity index (χ4n) is 3.12. The van der Waals surface area contributed by atoms with Gasteiger partial charge in [0.1, 0.15) is 0 Å². The van der Waals surface area contributed by atoms with Gasteiger partial charge in [0.05, 0.1) is 0 Å². The molecule has 0 aliphatic carbocycles. The fraction of sp³-hybridized carbons (Fsp3) is 0.625. The van der Waals surface area contributed by atoms with Gasteiger partial charge in [0.2, 0.25) is 0 Å². The third kappa shape index (κ3) is 3.65. The van der Waals surface area contributed by atoms with Crippen molar-refractivity contribution >= 4 is 10.2 Å². The molecule has 1 saturated heterocycles. The first-order valence-electron chi connectivity index (χ1n) is 7.60. The monoisotopic (exact) mass is 310 g/mol. The minimum Gasteiger partial charge on any atom is -0.195 e. The van der Waals surface area contributed by atoms with Gasteiger partial charge in [-0.05, 0) is 30.7 Å². The molecule has 0 aromatic heterocycles. The highest BCUT2D eigenvalue weighted by atomic mass is 32.2. The summed E-state index contributed by atoms with van der Waals surface area (Å²) in [4.78, 5) is 0. The maximum atomic E-state index is 12.8. The van der Waals surface area contributed by atoms with Gasteiger partial charge in [-0.3, -0.25) is 0 Å². The summed E-state index contributed by atoms with van der Waals surface area (Å²) in [6.45, 7) is 7.43. The molecule has 0 bridgehead atoms. The highest BCUT2D eigenvalue weighted by Crippen LogP contribution is 2.28. The zero-order valence-electron chi connectivity index (χ0n) is 13.4. The summed E-state index contributed by atoms with van der Waals surface area (Å²) < 4.78 is 28.8. The quantitative estimate of drug-likeness (QED) is 0.858. The molecule has 5 heteroatoms. The van der Waals surface area contributed by atoms with Crippen molar-refractivity contribution in [2.75, 3.05) is 20.1 Å². The van der Waals surface area contributed by atoms with E-state index < -0.39 is 10.2 Å². The van der Waals surface area contributed by atoms with Gasteiger partial charge in [0.25, 0.3) is 10.2 Å². The number of hydrogen-bond acceptors (Lipinski definition) is 2. The fourth-order valence-corrected chi connectivity index (χ4v) is 4.89. The van der Waals surface area contributed by atoms with Crippen molar-refractivity contribution in [3.05, 3.63) is 35.9 Å². The third-order valence-corrected chi connectivity index (χ3v) is 6.35. The molecule has 1 fully saturated rings. The number of hydrogen-bond donors (Lipinski definition) is 0. The van der Waals surface area contributed by atoms with E-state index in [4.69, 9.17) is 0 Å². The Balaban J connectivity index is 2.18. The van der Waals surface area contributed by atoms with E-state index >= 15 is 0 Å². The molecule has 2 rings (SSSR count). The van der Waals surface area contributed by atoms with E-state index in [1.54, 1.807) is 11.4 Å². The normalized spacial score (nSPS) is 26.0. The summed E-state index contributed by atoms with van der Waals surface area (Å²) >= 11 is 0. The van der Waals surface area contributed by atoms with Crippen molar-refractivity contribution in [1.82, 2.24) is 8.61 Å². The molecule has 4 nitrogen and oxygen atoms in total. The van der Waals surface area contributed by atoms with Crippen LogP contribution in [-0.2, 0) is 10.2 Å². The lowest BCUT2D eigenvalue weighted by atomic mass is 9.94. The largest absolute Gasteiger partial charge is 0.282 e. The lowest BCUT2D eigenvalue weighted by Gasteiger charge is -2.37. The zero-order chi connectivity index (χ0) is 15.6. The van der Waals surface area contributed by atoms with Crippen molar-refractivity contribution in [3.63, 3.8) is 0 Å². The predicted molar refractivity (Wildman–Crippen MR) is 86.1 cm³/mol. The van der Waals surface area contributed by atoms with E-state index in [-0.39, 0.29) is 6.04 Å². The first-order chi connectivity index (χ1) is 9.82. The molecule has 0 spiro atoms. The Kier molecular flexibility index (Phi) is 5.07. The predicted octanol–water partition coefficient (Wildman–Crippen LogP) is 2.90. The van der Waals surface area contributed by atoms with Crippen molar-refractivity contribution in [2.24, 2.45) is 11.8 Å². The summed E-state index contributed by atoms with van der Waals surface area (Å²) in [5.74, 6) is 0.841. The molecule has 1 aromatic carbocycles. The Bertz CT molecular complexity index is 549. The van der Waals surface area contributed by atoms with Gasteiger partial charge >= 0.3 is 0 Å². The van der Waals surface area contributed by atoms with Gasteiger partial charge in [0, 0.05) is 26.2 Å². The van der Waals surface area contributed by atoms with Gasteiger partial charge in [-0.1, -0.05) is 44.2 Å². The maximum absolute atomic E-state index is 12.8. The van der Waals surface area contributed by atoms with E-state index in [1.807, 2.05) is 37.3 Å². The molecule has 0 amide bonds. The minimum atomic E-state index is -3.41. The molecule has 1 aliphatic rings. The van der Waals surface area contributed by atoms with Crippen LogP contribution < -0.4 is 0 Å². The number of piperidine rings is 1. The molecule has 0 unspecified atom stereocenters. The van der Waals surface area contributed by atoms with Crippen LogP contribution in [0, 0.1) is 11.8 Å². The summed E-state index contributed by atoms with van der Waals surface area (Å²) in [7, 11) is -1.73. The minimum absolute atomic E-state index is 0.163. The highest BCUT2D eigenvalue weighted by Gasteiger charge is 2.35. The lowest BCUT2D eigenvalue weighted by molar-refractivity contribution is 0.207. The topological polar surface area (TPSA) is 40.6 Å². The molecule has 118 valence electrons. The van der Waals surface area contributed by atoms with Crippen molar-refractivity contribution in [2.45, 2.75) is 33.2 Å². The Morgan fingerprint density at radius 3 is 2.19 bits per heavy atom. The van der Waals surface area contributed by atoms with Crippen molar-refractivity contribution in [1.29, 1.82) is 0 Å². The van der Waals surface area contributed by atoms with Crippen LogP contribution in [0.3, 0.4) is 0 Å². The Hall–Kier alpha value is -0.910. The number of nitrogens with zero attached hydrogens (tertiary/aromatic N) is 2. The van der Waals surface area contributed by atoms with Gasteiger partial charge < -0.3 is 0 Å². The van der Waals surface area contributed by atoms with E-state index in [0.717, 1.165) is 12.0 Å². The number of benzene rings is 1. The number of rotatable bonds is 4. The van der Waals surface area contributed by atoms with E-state index in [1.165, 1.54) is 4.31 Å².